The molecule has 0 atom stereocenters. The summed E-state index contributed by atoms with van der Waals surface area (Å²) in [5.41, 5.74) is 7.06. The van der Waals surface area contributed by atoms with E-state index in [2.05, 4.69) is 34.5 Å². The second kappa shape index (κ2) is 4.12. The third-order valence-corrected chi connectivity index (χ3v) is 4.14. The average Bonchev–Trinajstić information content (AvgIpc) is 2.88. The Morgan fingerprint density at radius 1 is 1.28 bits per heavy atom. The lowest BCUT2D eigenvalue weighted by molar-refractivity contribution is 1.23. The normalized spacial score (nSPS) is 11.1. The van der Waals surface area contributed by atoms with E-state index in [1.165, 1.54) is 10.9 Å². The van der Waals surface area contributed by atoms with E-state index in [4.69, 9.17) is 5.84 Å². The molecule has 3 rings (SSSR count). The number of H-pyrrole nitrogens is 1. The molecule has 0 saturated carbocycles. The van der Waals surface area contributed by atoms with Gasteiger partial charge in [0.25, 0.3) is 0 Å². The lowest BCUT2D eigenvalue weighted by Gasteiger charge is -1.95. The Bertz CT molecular complexity index is 711. The maximum atomic E-state index is 5.48. The first kappa shape index (κ1) is 11.3. The Kier molecular flexibility index (Phi) is 2.57. The summed E-state index contributed by atoms with van der Waals surface area (Å²) in [5.74, 6) is 5.48. The molecule has 4 nitrogen and oxygen atoms in total. The van der Waals surface area contributed by atoms with E-state index >= 15 is 0 Å². The summed E-state index contributed by atoms with van der Waals surface area (Å²) >= 11 is 1.58. The highest BCUT2D eigenvalue weighted by Crippen LogP contribution is 2.37. The van der Waals surface area contributed by atoms with Crippen molar-refractivity contribution in [2.24, 2.45) is 5.84 Å². The third kappa shape index (κ3) is 1.60. The van der Waals surface area contributed by atoms with Crippen molar-refractivity contribution in [3.05, 3.63) is 35.7 Å². The molecule has 18 heavy (non-hydrogen) atoms. The molecule has 5 heteroatoms. The van der Waals surface area contributed by atoms with Crippen LogP contribution < -0.4 is 11.3 Å². The number of aryl methyl sites for hydroxylation is 2. The van der Waals surface area contributed by atoms with Crippen LogP contribution in [0.1, 0.15) is 11.4 Å². The lowest BCUT2D eigenvalue weighted by atomic mass is 10.1. The predicted molar refractivity (Wildman–Crippen MR) is 76.7 cm³/mol. The van der Waals surface area contributed by atoms with Gasteiger partial charge in [-0.25, -0.2) is 10.8 Å². The largest absolute Gasteiger partial charge is 0.358 e. The minimum atomic E-state index is 0.912. The first-order valence-electron chi connectivity index (χ1n) is 5.72. The molecule has 0 radical (unpaired) electrons. The predicted octanol–water partition coefficient (Wildman–Crippen LogP) is 3.19. The first-order valence-corrected chi connectivity index (χ1v) is 6.54. The zero-order chi connectivity index (χ0) is 12.7. The van der Waals surface area contributed by atoms with Gasteiger partial charge in [0.15, 0.2) is 0 Å². The van der Waals surface area contributed by atoms with Crippen LogP contribution >= 0.6 is 11.3 Å². The number of aromatic nitrogens is 2. The zero-order valence-electron chi connectivity index (χ0n) is 10.2. The van der Waals surface area contributed by atoms with Crippen LogP contribution in [0.5, 0.6) is 0 Å². The number of hydrogen-bond donors (Lipinski definition) is 3. The van der Waals surface area contributed by atoms with Crippen LogP contribution in [0.15, 0.2) is 24.3 Å². The smallest absolute Gasteiger partial charge is 0.128 e. The number of fused-ring (bicyclic) bond motifs is 1. The van der Waals surface area contributed by atoms with Gasteiger partial charge >= 0.3 is 0 Å². The second-order valence-electron chi connectivity index (χ2n) is 4.25. The highest BCUT2D eigenvalue weighted by molar-refractivity contribution is 7.19. The van der Waals surface area contributed by atoms with Crippen LogP contribution in [0.25, 0.3) is 21.5 Å². The summed E-state index contributed by atoms with van der Waals surface area (Å²) in [7, 11) is 0. The maximum Gasteiger partial charge on any atom is 0.128 e. The number of aromatic amines is 1. The molecule has 3 aromatic rings. The highest BCUT2D eigenvalue weighted by Gasteiger charge is 2.15. The topological polar surface area (TPSA) is 66.7 Å². The van der Waals surface area contributed by atoms with Gasteiger partial charge in [-0.05, 0) is 19.9 Å². The molecule has 0 spiro atoms. The van der Waals surface area contributed by atoms with Crippen LogP contribution in [0, 0.1) is 13.8 Å². The minimum absolute atomic E-state index is 0.912. The summed E-state index contributed by atoms with van der Waals surface area (Å²) in [6.07, 6.45) is 0. The molecular formula is C13H14N4S. The fourth-order valence-corrected chi connectivity index (χ4v) is 3.18. The van der Waals surface area contributed by atoms with Gasteiger partial charge in [0.2, 0.25) is 0 Å². The quantitative estimate of drug-likeness (QED) is 0.488. The Morgan fingerprint density at radius 2 is 2.06 bits per heavy atom. The van der Waals surface area contributed by atoms with Gasteiger partial charge in [-0.3, -0.25) is 0 Å². The van der Waals surface area contributed by atoms with Crippen molar-refractivity contribution in [2.75, 3.05) is 5.43 Å². The molecule has 4 N–H and O–H groups in total. The van der Waals surface area contributed by atoms with Crippen LogP contribution in [0.4, 0.5) is 5.00 Å². The Hall–Kier alpha value is -1.85. The number of nitrogens with one attached hydrogen (secondary N) is 2. The summed E-state index contributed by atoms with van der Waals surface area (Å²) in [4.78, 5) is 7.98. The number of para-hydroxylation sites is 1. The van der Waals surface area contributed by atoms with E-state index in [0.29, 0.717) is 0 Å². The van der Waals surface area contributed by atoms with Crippen molar-refractivity contribution in [2.45, 2.75) is 13.8 Å². The SMILES string of the molecule is Cc1nc(-c2c(C)[nH]c3ccccc23)sc1NN. The molecule has 0 bridgehead atoms. The van der Waals surface area contributed by atoms with Crippen LogP contribution in [0.3, 0.4) is 0 Å². The van der Waals surface area contributed by atoms with E-state index in [1.54, 1.807) is 11.3 Å². The van der Waals surface area contributed by atoms with Crippen molar-refractivity contribution in [3.63, 3.8) is 0 Å². The number of rotatable bonds is 2. The fraction of sp³-hybridized carbons (Fsp3) is 0.154. The molecule has 0 aliphatic rings. The number of thiazole rings is 1. The third-order valence-electron chi connectivity index (χ3n) is 3.04. The number of nitrogen functional groups attached to an aromatic ring is 1. The van der Waals surface area contributed by atoms with Gasteiger partial charge < -0.3 is 10.4 Å². The van der Waals surface area contributed by atoms with Crippen molar-refractivity contribution in [1.82, 2.24) is 9.97 Å². The maximum absolute atomic E-state index is 5.48. The lowest BCUT2D eigenvalue weighted by Crippen LogP contribution is -2.05. The molecule has 0 amide bonds. The van der Waals surface area contributed by atoms with Gasteiger partial charge in [-0.1, -0.05) is 29.5 Å². The first-order chi connectivity index (χ1) is 8.70. The van der Waals surface area contributed by atoms with Crippen molar-refractivity contribution in [3.8, 4) is 10.6 Å². The summed E-state index contributed by atoms with van der Waals surface area (Å²) < 4.78 is 0. The number of hydrazine groups is 1. The number of nitrogens with two attached hydrogens (primary N) is 1. The highest BCUT2D eigenvalue weighted by atomic mass is 32.1. The monoisotopic (exact) mass is 258 g/mol. The Labute approximate surface area is 109 Å². The molecule has 0 aliphatic carbocycles. The zero-order valence-corrected chi connectivity index (χ0v) is 11.1. The Morgan fingerprint density at radius 3 is 2.78 bits per heavy atom. The number of benzene rings is 1. The van der Waals surface area contributed by atoms with Gasteiger partial charge in [0.1, 0.15) is 10.0 Å². The van der Waals surface area contributed by atoms with Crippen LogP contribution in [0.2, 0.25) is 0 Å². The molecule has 92 valence electrons. The van der Waals surface area contributed by atoms with Crippen molar-refractivity contribution < 1.29 is 0 Å². The molecule has 2 aromatic heterocycles. The van der Waals surface area contributed by atoms with E-state index in [-0.39, 0.29) is 0 Å². The van der Waals surface area contributed by atoms with Crippen LogP contribution in [-0.4, -0.2) is 9.97 Å². The van der Waals surface area contributed by atoms with E-state index in [0.717, 1.165) is 26.9 Å². The Balaban J connectivity index is 2.27. The van der Waals surface area contributed by atoms with Crippen molar-refractivity contribution >= 4 is 27.2 Å². The van der Waals surface area contributed by atoms with Gasteiger partial charge in [-0.15, -0.1) is 0 Å². The standard InChI is InChI=1S/C13H14N4S/c1-7-11(9-5-3-4-6-10(9)15-7)13-16-8(2)12(17-14)18-13/h3-6,15,17H,14H2,1-2H3. The number of nitrogens with zero attached hydrogens (tertiary/aromatic N) is 1. The molecule has 0 aliphatic heterocycles. The molecule has 0 saturated heterocycles. The van der Waals surface area contributed by atoms with Crippen molar-refractivity contribution in [1.29, 1.82) is 0 Å². The van der Waals surface area contributed by atoms with Crippen LogP contribution in [-0.2, 0) is 0 Å². The molecule has 1 aromatic carbocycles. The molecule has 0 unspecified atom stereocenters. The summed E-state index contributed by atoms with van der Waals surface area (Å²) in [6, 6.07) is 8.26. The van der Waals surface area contributed by atoms with E-state index < -0.39 is 0 Å². The number of anilines is 1. The van der Waals surface area contributed by atoms with Gasteiger partial charge in [0, 0.05) is 22.2 Å². The fourth-order valence-electron chi connectivity index (χ4n) is 2.19. The van der Waals surface area contributed by atoms with Gasteiger partial charge in [-0.2, -0.15) is 0 Å². The average molecular weight is 258 g/mol. The van der Waals surface area contributed by atoms with Gasteiger partial charge in [0.05, 0.1) is 5.69 Å². The van der Waals surface area contributed by atoms with E-state index in [9.17, 15) is 0 Å². The molecule has 2 heterocycles. The molecular weight excluding hydrogens is 244 g/mol. The number of hydrogen-bond acceptors (Lipinski definition) is 4. The summed E-state index contributed by atoms with van der Waals surface area (Å²) in [5, 5.41) is 3.11. The summed E-state index contributed by atoms with van der Waals surface area (Å²) in [6.45, 7) is 4.03. The second-order valence-corrected chi connectivity index (χ2v) is 5.25. The minimum Gasteiger partial charge on any atom is -0.358 e. The van der Waals surface area contributed by atoms with E-state index in [1.807, 2.05) is 19.1 Å². The molecule has 0 fully saturated rings.